The fourth-order valence-corrected chi connectivity index (χ4v) is 1.58. The summed E-state index contributed by atoms with van der Waals surface area (Å²) in [5.74, 6) is 0.484. The van der Waals surface area contributed by atoms with Crippen molar-refractivity contribution in [2.75, 3.05) is 0 Å². The van der Waals surface area contributed by atoms with Crippen molar-refractivity contribution >= 4 is 0 Å². The lowest BCUT2D eigenvalue weighted by Gasteiger charge is -2.08. The molecule has 0 spiro atoms. The predicted octanol–water partition coefficient (Wildman–Crippen LogP) is 2.72. The normalized spacial score (nSPS) is 18.7. The van der Waals surface area contributed by atoms with Crippen LogP contribution in [-0.4, -0.2) is 0 Å². The molecule has 0 amide bonds. The molecule has 0 heterocycles. The van der Waals surface area contributed by atoms with Gasteiger partial charge in [0.05, 0.1) is 0 Å². The van der Waals surface area contributed by atoms with Gasteiger partial charge in [0.25, 0.3) is 0 Å². The quantitative estimate of drug-likeness (QED) is 0.742. The van der Waals surface area contributed by atoms with Crippen LogP contribution in [-0.2, 0) is 0 Å². The molecule has 0 saturated heterocycles. The fourth-order valence-electron chi connectivity index (χ4n) is 1.58. The average Bonchev–Trinajstić information content (AvgIpc) is 2.87. The lowest BCUT2D eigenvalue weighted by atomic mass is 10.0. The van der Waals surface area contributed by atoms with Gasteiger partial charge in [-0.3, -0.25) is 0 Å². The highest BCUT2D eigenvalue weighted by atomic mass is 19.1. The maximum Gasteiger partial charge on any atom is 0.127 e. The molecule has 1 atom stereocenters. The Kier molecular flexibility index (Phi) is 2.08. The lowest BCUT2D eigenvalue weighted by molar-refractivity contribution is 0.592. The molecule has 0 aliphatic heterocycles. The van der Waals surface area contributed by atoms with Crippen LogP contribution >= 0.6 is 0 Å². The van der Waals surface area contributed by atoms with Gasteiger partial charge >= 0.3 is 0 Å². The molecule has 0 radical (unpaired) electrons. The van der Waals surface area contributed by atoms with Crippen LogP contribution in [0.25, 0.3) is 0 Å². The zero-order valence-corrected chi connectivity index (χ0v) is 7.76. The summed E-state index contributed by atoms with van der Waals surface area (Å²) in [5, 5.41) is 0. The second-order valence-corrected chi connectivity index (χ2v) is 3.84. The molecule has 13 heavy (non-hydrogen) atoms. The summed E-state index contributed by atoms with van der Waals surface area (Å²) in [6.07, 6.45) is 2.48. The molecule has 1 aromatic carbocycles. The summed E-state index contributed by atoms with van der Waals surface area (Å²) in [5.41, 5.74) is 7.55. The van der Waals surface area contributed by atoms with Crippen LogP contribution in [0.4, 0.5) is 4.39 Å². The van der Waals surface area contributed by atoms with Crippen molar-refractivity contribution < 1.29 is 4.39 Å². The number of rotatable bonds is 2. The summed E-state index contributed by atoms with van der Waals surface area (Å²) in [6.45, 7) is 1.81. The third kappa shape index (κ3) is 1.73. The Morgan fingerprint density at radius 1 is 1.46 bits per heavy atom. The molecule has 1 aliphatic rings. The minimum Gasteiger partial charge on any atom is -0.324 e. The van der Waals surface area contributed by atoms with Gasteiger partial charge in [0.2, 0.25) is 0 Å². The number of benzene rings is 1. The molecule has 0 unspecified atom stereocenters. The van der Waals surface area contributed by atoms with E-state index in [-0.39, 0.29) is 11.9 Å². The summed E-state index contributed by atoms with van der Waals surface area (Å²) >= 11 is 0. The molecule has 2 heteroatoms. The van der Waals surface area contributed by atoms with E-state index >= 15 is 0 Å². The maximum absolute atomic E-state index is 13.2. The van der Waals surface area contributed by atoms with E-state index < -0.39 is 0 Å². The van der Waals surface area contributed by atoms with Crippen LogP contribution in [0.2, 0.25) is 0 Å². The van der Waals surface area contributed by atoms with E-state index in [9.17, 15) is 4.39 Å². The van der Waals surface area contributed by atoms with Crippen LogP contribution in [0.15, 0.2) is 18.2 Å². The van der Waals surface area contributed by atoms with Crippen molar-refractivity contribution in [3.63, 3.8) is 0 Å². The van der Waals surface area contributed by atoms with Gasteiger partial charge in [-0.1, -0.05) is 12.1 Å². The van der Waals surface area contributed by atoms with Gasteiger partial charge < -0.3 is 5.73 Å². The second kappa shape index (κ2) is 3.11. The Labute approximate surface area is 77.8 Å². The minimum atomic E-state index is -0.210. The zero-order valence-electron chi connectivity index (χ0n) is 7.76. The first-order valence-corrected chi connectivity index (χ1v) is 4.73. The number of hydrogen-bond acceptors (Lipinski definition) is 1. The Morgan fingerprint density at radius 3 is 2.69 bits per heavy atom. The highest BCUT2D eigenvalue weighted by Crippen LogP contribution is 2.40. The van der Waals surface area contributed by atoms with E-state index in [1.807, 2.05) is 19.1 Å². The molecule has 70 valence electrons. The lowest BCUT2D eigenvalue weighted by Crippen LogP contribution is -2.07. The molecular formula is C11H14FN. The SMILES string of the molecule is C[C@H](N)c1cc(C2CC2)ccc1F. The van der Waals surface area contributed by atoms with Crippen LogP contribution in [0.5, 0.6) is 0 Å². The molecule has 1 nitrogen and oxygen atoms in total. The van der Waals surface area contributed by atoms with Crippen LogP contribution < -0.4 is 5.73 Å². The number of nitrogens with two attached hydrogens (primary N) is 1. The van der Waals surface area contributed by atoms with Crippen LogP contribution in [0.3, 0.4) is 0 Å². The van der Waals surface area contributed by atoms with Gasteiger partial charge in [0.1, 0.15) is 5.82 Å². The Balaban J connectivity index is 2.36. The molecule has 1 aromatic rings. The van der Waals surface area contributed by atoms with Gasteiger partial charge in [0.15, 0.2) is 0 Å². The third-order valence-electron chi connectivity index (χ3n) is 2.56. The topological polar surface area (TPSA) is 26.0 Å². The second-order valence-electron chi connectivity index (χ2n) is 3.84. The van der Waals surface area contributed by atoms with Crippen molar-refractivity contribution in [1.82, 2.24) is 0 Å². The van der Waals surface area contributed by atoms with Crippen molar-refractivity contribution in [3.05, 3.63) is 35.1 Å². The van der Waals surface area contributed by atoms with Crippen LogP contribution in [0.1, 0.15) is 42.9 Å². The third-order valence-corrected chi connectivity index (χ3v) is 2.56. The van der Waals surface area contributed by atoms with Gasteiger partial charge in [0, 0.05) is 11.6 Å². The van der Waals surface area contributed by atoms with Crippen molar-refractivity contribution in [2.45, 2.75) is 31.7 Å². The Hall–Kier alpha value is -0.890. The first kappa shape index (κ1) is 8.70. The zero-order chi connectivity index (χ0) is 9.42. The van der Waals surface area contributed by atoms with E-state index in [4.69, 9.17) is 5.73 Å². The molecule has 1 aliphatic carbocycles. The monoisotopic (exact) mass is 179 g/mol. The summed E-state index contributed by atoms with van der Waals surface area (Å²) in [4.78, 5) is 0. The number of hydrogen-bond donors (Lipinski definition) is 1. The highest BCUT2D eigenvalue weighted by Gasteiger charge is 2.24. The summed E-state index contributed by atoms with van der Waals surface area (Å²) in [7, 11) is 0. The summed E-state index contributed by atoms with van der Waals surface area (Å²) in [6, 6.07) is 5.11. The van der Waals surface area contributed by atoms with Crippen molar-refractivity contribution in [1.29, 1.82) is 0 Å². The molecule has 0 aromatic heterocycles. The largest absolute Gasteiger partial charge is 0.324 e. The van der Waals surface area contributed by atoms with E-state index in [1.165, 1.54) is 24.5 Å². The molecule has 0 bridgehead atoms. The fraction of sp³-hybridized carbons (Fsp3) is 0.455. The molecule has 2 rings (SSSR count). The molecule has 1 fully saturated rings. The maximum atomic E-state index is 13.2. The van der Waals surface area contributed by atoms with Crippen LogP contribution in [0, 0.1) is 5.82 Å². The smallest absolute Gasteiger partial charge is 0.127 e. The molecular weight excluding hydrogens is 165 g/mol. The first-order valence-electron chi connectivity index (χ1n) is 4.73. The standard InChI is InChI=1S/C11H14FN/c1-7(13)10-6-9(8-2-3-8)4-5-11(10)12/h4-8H,2-3,13H2,1H3/t7-/m0/s1. The van der Waals surface area contributed by atoms with E-state index in [1.54, 1.807) is 0 Å². The highest BCUT2D eigenvalue weighted by molar-refractivity contribution is 5.31. The Morgan fingerprint density at radius 2 is 2.15 bits per heavy atom. The van der Waals surface area contributed by atoms with Gasteiger partial charge in [-0.2, -0.15) is 0 Å². The van der Waals surface area contributed by atoms with E-state index in [0.29, 0.717) is 11.5 Å². The first-order chi connectivity index (χ1) is 6.18. The predicted molar refractivity (Wildman–Crippen MR) is 51.0 cm³/mol. The van der Waals surface area contributed by atoms with Gasteiger partial charge in [-0.15, -0.1) is 0 Å². The van der Waals surface area contributed by atoms with Crippen molar-refractivity contribution in [3.8, 4) is 0 Å². The average molecular weight is 179 g/mol. The molecule has 1 saturated carbocycles. The molecule has 2 N–H and O–H groups in total. The number of halogens is 1. The van der Waals surface area contributed by atoms with Gasteiger partial charge in [-0.25, -0.2) is 4.39 Å². The van der Waals surface area contributed by atoms with Gasteiger partial charge in [-0.05, 0) is 37.3 Å². The van der Waals surface area contributed by atoms with Crippen molar-refractivity contribution in [2.24, 2.45) is 5.73 Å². The minimum absolute atomic E-state index is 0.181. The van der Waals surface area contributed by atoms with E-state index in [0.717, 1.165) is 0 Å². The Bertz CT molecular complexity index is 316. The summed E-state index contributed by atoms with van der Waals surface area (Å²) < 4.78 is 13.2. The van der Waals surface area contributed by atoms with E-state index in [2.05, 4.69) is 0 Å².